The van der Waals surface area contributed by atoms with Gasteiger partial charge in [0, 0.05) is 0 Å². The van der Waals surface area contributed by atoms with Gasteiger partial charge in [0.2, 0.25) is 0 Å². The van der Waals surface area contributed by atoms with Crippen LogP contribution in [-0.2, 0) is 20.9 Å². The standard InChI is InChI=1S/C18H24N2O4/c1-4-5-10-18(3)16(22)20(17(23)19-18)11-15(21)24-12-14-8-6-13(2)7-9-14/h6-9H,4-5,10-12H2,1-3H3,(H,19,23)/t18-/m1/s1. The van der Waals surface area contributed by atoms with Gasteiger partial charge >= 0.3 is 12.0 Å². The highest BCUT2D eigenvalue weighted by Gasteiger charge is 2.47. The van der Waals surface area contributed by atoms with Crippen molar-refractivity contribution in [3.63, 3.8) is 0 Å². The molecule has 1 fully saturated rings. The summed E-state index contributed by atoms with van der Waals surface area (Å²) >= 11 is 0. The van der Waals surface area contributed by atoms with E-state index < -0.39 is 17.5 Å². The molecule has 0 saturated carbocycles. The molecule has 0 aromatic heterocycles. The highest BCUT2D eigenvalue weighted by molar-refractivity contribution is 6.08. The van der Waals surface area contributed by atoms with Crippen molar-refractivity contribution in [2.75, 3.05) is 6.54 Å². The number of hydrogen-bond acceptors (Lipinski definition) is 4. The van der Waals surface area contributed by atoms with Gasteiger partial charge in [-0.15, -0.1) is 0 Å². The topological polar surface area (TPSA) is 75.7 Å². The Morgan fingerprint density at radius 1 is 1.25 bits per heavy atom. The molecular weight excluding hydrogens is 308 g/mol. The third kappa shape index (κ3) is 4.13. The number of amides is 3. The van der Waals surface area contributed by atoms with Crippen molar-refractivity contribution in [3.05, 3.63) is 35.4 Å². The fourth-order valence-electron chi connectivity index (χ4n) is 2.61. The summed E-state index contributed by atoms with van der Waals surface area (Å²) in [5.41, 5.74) is 1.05. The maximum absolute atomic E-state index is 12.4. The number of hydrogen-bond donors (Lipinski definition) is 1. The van der Waals surface area contributed by atoms with Crippen LogP contribution < -0.4 is 5.32 Å². The first-order valence-electron chi connectivity index (χ1n) is 8.21. The van der Waals surface area contributed by atoms with E-state index in [-0.39, 0.29) is 19.1 Å². The van der Waals surface area contributed by atoms with Crippen LogP contribution in [0, 0.1) is 6.92 Å². The SMILES string of the molecule is CCCC[C@@]1(C)NC(=O)N(CC(=O)OCc2ccc(C)cc2)C1=O. The van der Waals surface area contributed by atoms with E-state index in [2.05, 4.69) is 5.32 Å². The van der Waals surface area contributed by atoms with Crippen LogP contribution in [-0.4, -0.2) is 34.9 Å². The van der Waals surface area contributed by atoms with Crippen LogP contribution in [0.1, 0.15) is 44.2 Å². The van der Waals surface area contributed by atoms with Crippen molar-refractivity contribution >= 4 is 17.9 Å². The summed E-state index contributed by atoms with van der Waals surface area (Å²) in [6.45, 7) is 5.45. The number of unbranched alkanes of at least 4 members (excludes halogenated alkanes) is 1. The smallest absolute Gasteiger partial charge is 0.326 e. The quantitative estimate of drug-likeness (QED) is 0.615. The van der Waals surface area contributed by atoms with Gasteiger partial charge < -0.3 is 10.1 Å². The molecule has 1 aliphatic heterocycles. The lowest BCUT2D eigenvalue weighted by molar-refractivity contribution is -0.148. The Labute approximate surface area is 142 Å². The van der Waals surface area contributed by atoms with E-state index in [0.29, 0.717) is 6.42 Å². The van der Waals surface area contributed by atoms with Crippen molar-refractivity contribution in [1.29, 1.82) is 0 Å². The minimum absolute atomic E-state index is 0.121. The molecule has 0 spiro atoms. The summed E-state index contributed by atoms with van der Waals surface area (Å²) in [7, 11) is 0. The fraction of sp³-hybridized carbons (Fsp3) is 0.500. The molecule has 1 saturated heterocycles. The molecule has 1 aromatic rings. The molecule has 0 unspecified atom stereocenters. The second kappa shape index (κ2) is 7.47. The maximum Gasteiger partial charge on any atom is 0.326 e. The van der Waals surface area contributed by atoms with Gasteiger partial charge in [-0.25, -0.2) is 4.79 Å². The molecule has 24 heavy (non-hydrogen) atoms. The molecule has 0 radical (unpaired) electrons. The van der Waals surface area contributed by atoms with Crippen LogP contribution in [0.4, 0.5) is 4.79 Å². The summed E-state index contributed by atoms with van der Waals surface area (Å²) in [6.07, 6.45) is 2.31. The summed E-state index contributed by atoms with van der Waals surface area (Å²) in [5.74, 6) is -0.966. The number of carbonyl (C=O) groups excluding carboxylic acids is 3. The molecule has 1 heterocycles. The van der Waals surface area contributed by atoms with Gasteiger partial charge in [-0.2, -0.15) is 0 Å². The number of nitrogens with zero attached hydrogens (tertiary/aromatic N) is 1. The summed E-state index contributed by atoms with van der Waals surface area (Å²) in [6, 6.07) is 7.07. The van der Waals surface area contributed by atoms with Gasteiger partial charge in [-0.05, 0) is 25.8 Å². The Bertz CT molecular complexity index is 626. The van der Waals surface area contributed by atoms with Crippen LogP contribution in [0.15, 0.2) is 24.3 Å². The van der Waals surface area contributed by atoms with E-state index in [4.69, 9.17) is 4.74 Å². The lowest BCUT2D eigenvalue weighted by Gasteiger charge is -2.21. The van der Waals surface area contributed by atoms with E-state index >= 15 is 0 Å². The maximum atomic E-state index is 12.4. The van der Waals surface area contributed by atoms with E-state index in [1.54, 1.807) is 6.92 Å². The molecule has 3 amide bonds. The third-order valence-corrected chi connectivity index (χ3v) is 4.18. The molecule has 6 nitrogen and oxygen atoms in total. The summed E-state index contributed by atoms with van der Waals surface area (Å²) in [4.78, 5) is 37.3. The number of rotatable bonds is 7. The van der Waals surface area contributed by atoms with Crippen molar-refractivity contribution in [2.24, 2.45) is 0 Å². The molecule has 1 atom stereocenters. The molecular formula is C18H24N2O4. The van der Waals surface area contributed by atoms with Gasteiger partial charge in [-0.1, -0.05) is 49.6 Å². The molecule has 1 aromatic carbocycles. The predicted octanol–water partition coefficient (Wildman–Crippen LogP) is 2.54. The summed E-state index contributed by atoms with van der Waals surface area (Å²) < 4.78 is 5.16. The predicted molar refractivity (Wildman–Crippen MR) is 89.1 cm³/mol. The van der Waals surface area contributed by atoms with Gasteiger partial charge in [0.05, 0.1) is 0 Å². The van der Waals surface area contributed by atoms with Crippen LogP contribution >= 0.6 is 0 Å². The average Bonchev–Trinajstić information content (AvgIpc) is 2.76. The van der Waals surface area contributed by atoms with Crippen molar-refractivity contribution in [2.45, 2.75) is 52.2 Å². The monoisotopic (exact) mass is 332 g/mol. The average molecular weight is 332 g/mol. The molecule has 2 rings (SSSR count). The van der Waals surface area contributed by atoms with Gasteiger partial charge in [0.15, 0.2) is 0 Å². The Morgan fingerprint density at radius 2 is 1.92 bits per heavy atom. The zero-order valence-electron chi connectivity index (χ0n) is 14.4. The zero-order valence-corrected chi connectivity index (χ0v) is 14.4. The number of esters is 1. The lowest BCUT2D eigenvalue weighted by Crippen LogP contribution is -2.44. The normalized spacial score (nSPS) is 20.2. The molecule has 1 aliphatic rings. The molecule has 130 valence electrons. The van der Waals surface area contributed by atoms with Crippen LogP contribution in [0.3, 0.4) is 0 Å². The zero-order chi connectivity index (χ0) is 17.7. The molecule has 0 bridgehead atoms. The highest BCUT2D eigenvalue weighted by Crippen LogP contribution is 2.23. The van der Waals surface area contributed by atoms with Crippen molar-refractivity contribution in [3.8, 4) is 0 Å². The number of nitrogens with one attached hydrogen (secondary N) is 1. The molecule has 1 N–H and O–H groups in total. The Morgan fingerprint density at radius 3 is 2.54 bits per heavy atom. The lowest BCUT2D eigenvalue weighted by atomic mass is 9.95. The number of benzene rings is 1. The Kier molecular flexibility index (Phi) is 5.59. The van der Waals surface area contributed by atoms with E-state index in [9.17, 15) is 14.4 Å². The van der Waals surface area contributed by atoms with Gasteiger partial charge in [-0.3, -0.25) is 14.5 Å². The number of imide groups is 1. The first-order valence-corrected chi connectivity index (χ1v) is 8.21. The van der Waals surface area contributed by atoms with Crippen LogP contribution in [0.25, 0.3) is 0 Å². The second-order valence-corrected chi connectivity index (χ2v) is 6.40. The molecule has 0 aliphatic carbocycles. The number of aryl methyl sites for hydroxylation is 1. The largest absolute Gasteiger partial charge is 0.459 e. The number of ether oxygens (including phenoxy) is 1. The minimum Gasteiger partial charge on any atom is -0.459 e. The van der Waals surface area contributed by atoms with E-state index in [1.807, 2.05) is 38.1 Å². The Balaban J connectivity index is 1.90. The first kappa shape index (κ1) is 18.0. The Hall–Kier alpha value is -2.37. The van der Waals surface area contributed by atoms with Crippen LogP contribution in [0.2, 0.25) is 0 Å². The van der Waals surface area contributed by atoms with E-state index in [1.165, 1.54) is 0 Å². The fourth-order valence-corrected chi connectivity index (χ4v) is 2.61. The number of carbonyl (C=O) groups is 3. The van der Waals surface area contributed by atoms with Gasteiger partial charge in [0.1, 0.15) is 18.7 Å². The third-order valence-electron chi connectivity index (χ3n) is 4.18. The molecule has 6 heteroatoms. The number of urea groups is 1. The van der Waals surface area contributed by atoms with Crippen molar-refractivity contribution in [1.82, 2.24) is 10.2 Å². The minimum atomic E-state index is -0.926. The highest BCUT2D eigenvalue weighted by atomic mass is 16.5. The van der Waals surface area contributed by atoms with Crippen molar-refractivity contribution < 1.29 is 19.1 Å². The second-order valence-electron chi connectivity index (χ2n) is 6.40. The van der Waals surface area contributed by atoms with E-state index in [0.717, 1.165) is 28.9 Å². The van der Waals surface area contributed by atoms with Gasteiger partial charge in [0.25, 0.3) is 5.91 Å². The first-order chi connectivity index (χ1) is 11.4. The summed E-state index contributed by atoms with van der Waals surface area (Å²) in [5, 5.41) is 2.68. The van der Waals surface area contributed by atoms with Crippen LogP contribution in [0.5, 0.6) is 0 Å².